The molecule has 1 unspecified atom stereocenters. The van der Waals surface area contributed by atoms with Crippen LogP contribution in [0.5, 0.6) is 5.75 Å². The standard InChI is InChI=1S/C21H32N4O3/c1-4-22-21(23-14-17-12-15(2)19(26)16(3)13-17)25-9-7-24(8-10-25)20(27)18-6-5-11-28-18/h12-13,18,26H,4-11,14H2,1-3H3,(H,22,23). The molecule has 3 rings (SSSR count). The van der Waals surface area contributed by atoms with Crippen molar-refractivity contribution in [2.24, 2.45) is 4.99 Å². The van der Waals surface area contributed by atoms with Gasteiger partial charge in [0.05, 0.1) is 6.54 Å². The number of aromatic hydroxyl groups is 1. The molecule has 1 atom stereocenters. The van der Waals surface area contributed by atoms with Gasteiger partial charge in [0, 0.05) is 39.3 Å². The number of carbonyl (C=O) groups is 1. The van der Waals surface area contributed by atoms with Crippen LogP contribution in [0.15, 0.2) is 17.1 Å². The molecule has 2 heterocycles. The van der Waals surface area contributed by atoms with Crippen molar-refractivity contribution in [3.63, 3.8) is 0 Å². The van der Waals surface area contributed by atoms with E-state index in [1.54, 1.807) is 0 Å². The third-order valence-electron chi connectivity index (χ3n) is 5.39. The molecule has 0 aromatic heterocycles. The highest BCUT2D eigenvalue weighted by molar-refractivity contribution is 5.82. The van der Waals surface area contributed by atoms with Crippen LogP contribution in [0.1, 0.15) is 36.5 Å². The second-order valence-electron chi connectivity index (χ2n) is 7.56. The molecule has 0 radical (unpaired) electrons. The van der Waals surface area contributed by atoms with Crippen molar-refractivity contribution >= 4 is 11.9 Å². The minimum atomic E-state index is -0.241. The summed E-state index contributed by atoms with van der Waals surface area (Å²) >= 11 is 0. The van der Waals surface area contributed by atoms with E-state index in [0.717, 1.165) is 55.1 Å². The van der Waals surface area contributed by atoms with Crippen molar-refractivity contribution in [3.8, 4) is 5.75 Å². The van der Waals surface area contributed by atoms with E-state index in [1.807, 2.05) is 30.9 Å². The normalized spacial score (nSPS) is 20.5. The Morgan fingerprint density at radius 3 is 2.43 bits per heavy atom. The Morgan fingerprint density at radius 2 is 1.86 bits per heavy atom. The minimum absolute atomic E-state index is 0.133. The van der Waals surface area contributed by atoms with Crippen LogP contribution in [0.2, 0.25) is 0 Å². The summed E-state index contributed by atoms with van der Waals surface area (Å²) in [6.45, 7) is 10.8. The average Bonchev–Trinajstić information content (AvgIpc) is 3.23. The molecule has 2 N–H and O–H groups in total. The first kappa shape index (κ1) is 20.5. The molecule has 1 aromatic carbocycles. The van der Waals surface area contributed by atoms with Crippen LogP contribution in [0.3, 0.4) is 0 Å². The fraction of sp³-hybridized carbons (Fsp3) is 0.619. The summed E-state index contributed by atoms with van der Waals surface area (Å²) in [6.07, 6.45) is 1.58. The number of phenols is 1. The third-order valence-corrected chi connectivity index (χ3v) is 5.39. The Labute approximate surface area is 167 Å². The number of nitrogens with zero attached hydrogens (tertiary/aromatic N) is 3. The molecule has 7 nitrogen and oxygen atoms in total. The van der Waals surface area contributed by atoms with Crippen LogP contribution in [0.25, 0.3) is 0 Å². The second-order valence-corrected chi connectivity index (χ2v) is 7.56. The summed E-state index contributed by atoms with van der Waals surface area (Å²) in [5.74, 6) is 1.36. The van der Waals surface area contributed by atoms with Gasteiger partial charge in [0.15, 0.2) is 5.96 Å². The number of guanidine groups is 1. The number of carbonyl (C=O) groups excluding carboxylic acids is 1. The van der Waals surface area contributed by atoms with Crippen molar-refractivity contribution in [2.75, 3.05) is 39.3 Å². The summed E-state index contributed by atoms with van der Waals surface area (Å²) in [7, 11) is 0. The lowest BCUT2D eigenvalue weighted by atomic mass is 10.1. The molecule has 0 aliphatic carbocycles. The lowest BCUT2D eigenvalue weighted by Crippen LogP contribution is -2.55. The Hall–Kier alpha value is -2.28. The molecular weight excluding hydrogens is 356 g/mol. The first-order valence-corrected chi connectivity index (χ1v) is 10.2. The van der Waals surface area contributed by atoms with E-state index in [9.17, 15) is 9.90 Å². The maximum Gasteiger partial charge on any atom is 0.251 e. The average molecular weight is 389 g/mol. The number of amides is 1. The van der Waals surface area contributed by atoms with E-state index in [2.05, 4.69) is 17.1 Å². The maximum absolute atomic E-state index is 12.5. The highest BCUT2D eigenvalue weighted by Crippen LogP contribution is 2.23. The van der Waals surface area contributed by atoms with Gasteiger partial charge in [0.2, 0.25) is 0 Å². The summed E-state index contributed by atoms with van der Waals surface area (Å²) in [5, 5.41) is 13.3. The molecule has 154 valence electrons. The monoisotopic (exact) mass is 388 g/mol. The predicted octanol–water partition coefficient (Wildman–Crippen LogP) is 1.80. The Bertz CT molecular complexity index is 697. The molecular formula is C21H32N4O3. The van der Waals surface area contributed by atoms with Gasteiger partial charge in [0.1, 0.15) is 11.9 Å². The molecule has 2 fully saturated rings. The lowest BCUT2D eigenvalue weighted by molar-refractivity contribution is -0.142. The van der Waals surface area contributed by atoms with Crippen LogP contribution >= 0.6 is 0 Å². The first-order valence-electron chi connectivity index (χ1n) is 10.2. The van der Waals surface area contributed by atoms with Crippen molar-refractivity contribution in [3.05, 3.63) is 28.8 Å². The van der Waals surface area contributed by atoms with Gasteiger partial charge < -0.3 is 25.0 Å². The van der Waals surface area contributed by atoms with Crippen molar-refractivity contribution in [2.45, 2.75) is 46.3 Å². The Morgan fingerprint density at radius 1 is 1.21 bits per heavy atom. The van der Waals surface area contributed by atoms with E-state index >= 15 is 0 Å². The number of piperazine rings is 1. The van der Waals surface area contributed by atoms with Crippen LogP contribution in [-0.2, 0) is 16.1 Å². The van der Waals surface area contributed by atoms with Gasteiger partial charge in [-0.25, -0.2) is 4.99 Å². The van der Waals surface area contributed by atoms with Gasteiger partial charge in [-0.05, 0) is 50.3 Å². The molecule has 1 amide bonds. The molecule has 7 heteroatoms. The number of aliphatic imine (C=N–C) groups is 1. The number of ether oxygens (including phenoxy) is 1. The van der Waals surface area contributed by atoms with Crippen molar-refractivity contribution in [1.29, 1.82) is 0 Å². The molecule has 2 saturated heterocycles. The Balaban J connectivity index is 1.61. The third kappa shape index (κ3) is 4.76. The van der Waals surface area contributed by atoms with Gasteiger partial charge in [-0.3, -0.25) is 4.79 Å². The summed E-state index contributed by atoms with van der Waals surface area (Å²) in [5.41, 5.74) is 2.82. The highest BCUT2D eigenvalue weighted by atomic mass is 16.5. The number of aryl methyl sites for hydroxylation is 2. The highest BCUT2D eigenvalue weighted by Gasteiger charge is 2.30. The smallest absolute Gasteiger partial charge is 0.251 e. The SMILES string of the molecule is CCNC(=NCc1cc(C)c(O)c(C)c1)N1CCN(C(=O)C2CCCO2)CC1. The second kappa shape index (κ2) is 9.28. The summed E-state index contributed by atoms with van der Waals surface area (Å²) in [4.78, 5) is 21.4. The fourth-order valence-electron chi connectivity index (χ4n) is 3.84. The first-order chi connectivity index (χ1) is 13.5. The molecule has 0 spiro atoms. The fourth-order valence-corrected chi connectivity index (χ4v) is 3.84. The van der Waals surface area contributed by atoms with Gasteiger partial charge in [-0.1, -0.05) is 12.1 Å². The number of benzene rings is 1. The minimum Gasteiger partial charge on any atom is -0.507 e. The van der Waals surface area contributed by atoms with Crippen LogP contribution in [0.4, 0.5) is 0 Å². The number of nitrogens with one attached hydrogen (secondary N) is 1. The zero-order valence-corrected chi connectivity index (χ0v) is 17.2. The van der Waals surface area contributed by atoms with Crippen LogP contribution < -0.4 is 5.32 Å². The van der Waals surface area contributed by atoms with Crippen molar-refractivity contribution in [1.82, 2.24) is 15.1 Å². The predicted molar refractivity (Wildman–Crippen MR) is 110 cm³/mol. The van der Waals surface area contributed by atoms with Gasteiger partial charge in [0.25, 0.3) is 5.91 Å². The summed E-state index contributed by atoms with van der Waals surface area (Å²) in [6, 6.07) is 3.96. The van der Waals surface area contributed by atoms with Gasteiger partial charge in [-0.15, -0.1) is 0 Å². The van der Waals surface area contributed by atoms with Gasteiger partial charge >= 0.3 is 0 Å². The topological polar surface area (TPSA) is 77.4 Å². The molecule has 2 aliphatic rings. The van der Waals surface area contributed by atoms with Gasteiger partial charge in [-0.2, -0.15) is 0 Å². The van der Waals surface area contributed by atoms with E-state index in [-0.39, 0.29) is 12.0 Å². The molecule has 0 bridgehead atoms. The van der Waals surface area contributed by atoms with E-state index < -0.39 is 0 Å². The molecule has 1 aromatic rings. The zero-order chi connectivity index (χ0) is 20.1. The Kier molecular flexibility index (Phi) is 6.78. The molecule has 2 aliphatic heterocycles. The maximum atomic E-state index is 12.5. The van der Waals surface area contributed by atoms with E-state index in [0.29, 0.717) is 32.0 Å². The van der Waals surface area contributed by atoms with Crippen molar-refractivity contribution < 1.29 is 14.6 Å². The number of hydrogen-bond donors (Lipinski definition) is 2. The largest absolute Gasteiger partial charge is 0.507 e. The number of phenolic OH excluding ortho intramolecular Hbond substituents is 1. The summed E-state index contributed by atoms with van der Waals surface area (Å²) < 4.78 is 5.54. The van der Waals surface area contributed by atoms with Crippen LogP contribution in [-0.4, -0.2) is 72.2 Å². The lowest BCUT2D eigenvalue weighted by Gasteiger charge is -2.37. The zero-order valence-electron chi connectivity index (χ0n) is 17.2. The number of hydrogen-bond acceptors (Lipinski definition) is 4. The van der Waals surface area contributed by atoms with Crippen LogP contribution in [0, 0.1) is 13.8 Å². The van der Waals surface area contributed by atoms with E-state index in [1.165, 1.54) is 0 Å². The quantitative estimate of drug-likeness (QED) is 0.608. The molecule has 28 heavy (non-hydrogen) atoms. The number of rotatable bonds is 4. The molecule has 0 saturated carbocycles. The van der Waals surface area contributed by atoms with E-state index in [4.69, 9.17) is 9.73 Å².